The molecule has 0 unspecified atom stereocenters. The molecule has 0 amide bonds. The van der Waals surface area contributed by atoms with E-state index in [1.165, 1.54) is 6.07 Å². The van der Waals surface area contributed by atoms with Crippen LogP contribution in [0.25, 0.3) is 16.6 Å². The maximum atomic E-state index is 11.6. The Kier molecular flexibility index (Phi) is 4.23. The first-order chi connectivity index (χ1) is 12.6. The summed E-state index contributed by atoms with van der Waals surface area (Å²) in [6.07, 6.45) is 2.58. The third-order valence-electron chi connectivity index (χ3n) is 4.54. The van der Waals surface area contributed by atoms with E-state index in [0.29, 0.717) is 11.4 Å². The van der Waals surface area contributed by atoms with Gasteiger partial charge in [-0.3, -0.25) is 0 Å². The Hall–Kier alpha value is -3.04. The van der Waals surface area contributed by atoms with Gasteiger partial charge in [0, 0.05) is 22.3 Å². The van der Waals surface area contributed by atoms with Crippen LogP contribution in [0.3, 0.4) is 0 Å². The van der Waals surface area contributed by atoms with Crippen molar-refractivity contribution in [3.63, 3.8) is 0 Å². The Labute approximate surface area is 156 Å². The largest absolute Gasteiger partial charge is 0.478 e. The van der Waals surface area contributed by atoms with Crippen molar-refractivity contribution in [2.75, 3.05) is 0 Å². The van der Waals surface area contributed by atoms with Gasteiger partial charge in [-0.2, -0.15) is 0 Å². The fraction of sp³-hybridized carbons (Fsp3) is 0.0455. The maximum absolute atomic E-state index is 11.6. The van der Waals surface area contributed by atoms with Gasteiger partial charge in [-0.1, -0.05) is 48.0 Å². The van der Waals surface area contributed by atoms with Gasteiger partial charge in [-0.05, 0) is 53.9 Å². The Morgan fingerprint density at radius 1 is 0.923 bits per heavy atom. The number of carboxylic acid groups (broad SMARTS) is 1. The molecule has 128 valence electrons. The Morgan fingerprint density at radius 2 is 1.73 bits per heavy atom. The number of rotatable bonds is 4. The third kappa shape index (κ3) is 2.98. The third-order valence-corrected chi connectivity index (χ3v) is 4.78. The van der Waals surface area contributed by atoms with E-state index in [1.807, 2.05) is 36.5 Å². The number of para-hydroxylation sites is 1. The average molecular weight is 362 g/mol. The van der Waals surface area contributed by atoms with Gasteiger partial charge in [-0.15, -0.1) is 0 Å². The van der Waals surface area contributed by atoms with E-state index in [1.54, 1.807) is 12.1 Å². The number of hydrogen-bond donors (Lipinski definition) is 1. The van der Waals surface area contributed by atoms with Crippen LogP contribution in [0.4, 0.5) is 0 Å². The zero-order valence-electron chi connectivity index (χ0n) is 13.9. The predicted octanol–water partition coefficient (Wildman–Crippen LogP) is 5.57. The van der Waals surface area contributed by atoms with Crippen molar-refractivity contribution in [2.24, 2.45) is 0 Å². The molecule has 0 aliphatic heterocycles. The zero-order chi connectivity index (χ0) is 18.1. The molecule has 4 heteroatoms. The second-order valence-corrected chi connectivity index (χ2v) is 6.59. The smallest absolute Gasteiger partial charge is 0.336 e. The van der Waals surface area contributed by atoms with E-state index < -0.39 is 5.97 Å². The van der Waals surface area contributed by atoms with E-state index in [4.69, 9.17) is 11.6 Å². The summed E-state index contributed by atoms with van der Waals surface area (Å²) >= 11 is 5.96. The molecular weight excluding hydrogens is 346 g/mol. The monoisotopic (exact) mass is 361 g/mol. The van der Waals surface area contributed by atoms with Crippen LogP contribution in [0, 0.1) is 0 Å². The summed E-state index contributed by atoms with van der Waals surface area (Å²) in [4.78, 5) is 11.6. The summed E-state index contributed by atoms with van der Waals surface area (Å²) in [5.74, 6) is -0.962. The fourth-order valence-corrected chi connectivity index (χ4v) is 3.48. The molecule has 1 N–H and O–H groups in total. The number of aromatic carboxylic acids is 1. The Balaban J connectivity index is 1.80. The molecule has 1 aromatic heterocycles. The molecule has 0 saturated carbocycles. The lowest BCUT2D eigenvalue weighted by Gasteiger charge is -2.10. The topological polar surface area (TPSA) is 42.2 Å². The Morgan fingerprint density at radius 3 is 2.50 bits per heavy atom. The molecule has 0 saturated heterocycles. The number of aromatic nitrogens is 1. The average Bonchev–Trinajstić information content (AvgIpc) is 3.09. The van der Waals surface area contributed by atoms with E-state index in [-0.39, 0.29) is 5.56 Å². The van der Waals surface area contributed by atoms with Crippen molar-refractivity contribution in [1.82, 2.24) is 4.57 Å². The molecule has 0 fully saturated rings. The second-order valence-electron chi connectivity index (χ2n) is 6.15. The molecule has 4 aromatic rings. The van der Waals surface area contributed by atoms with E-state index >= 15 is 0 Å². The summed E-state index contributed by atoms with van der Waals surface area (Å²) in [5.41, 5.74) is 4.28. The highest BCUT2D eigenvalue weighted by Crippen LogP contribution is 2.27. The van der Waals surface area contributed by atoms with Crippen LogP contribution in [-0.2, 0) is 6.42 Å². The maximum Gasteiger partial charge on any atom is 0.336 e. The van der Waals surface area contributed by atoms with Crippen LogP contribution in [0.15, 0.2) is 79.0 Å². The summed E-state index contributed by atoms with van der Waals surface area (Å²) < 4.78 is 2.14. The molecule has 0 atom stereocenters. The van der Waals surface area contributed by atoms with Crippen LogP contribution in [0.5, 0.6) is 0 Å². The summed E-state index contributed by atoms with van der Waals surface area (Å²) in [6, 6.07) is 23.4. The molecule has 0 spiro atoms. The van der Waals surface area contributed by atoms with Gasteiger partial charge in [0.1, 0.15) is 0 Å². The second kappa shape index (κ2) is 6.70. The van der Waals surface area contributed by atoms with Gasteiger partial charge in [0.25, 0.3) is 0 Å². The number of halogens is 1. The highest BCUT2D eigenvalue weighted by Gasteiger charge is 2.13. The van der Waals surface area contributed by atoms with Crippen LogP contribution in [-0.4, -0.2) is 15.6 Å². The minimum absolute atomic E-state index is 0.247. The normalized spacial score (nSPS) is 11.0. The SMILES string of the molecule is O=C(O)c1cc(Cl)ccc1Cc1cccc2c1ccn2-c1ccccc1. The summed E-state index contributed by atoms with van der Waals surface area (Å²) in [7, 11) is 0. The molecule has 26 heavy (non-hydrogen) atoms. The molecule has 3 aromatic carbocycles. The van der Waals surface area contributed by atoms with Gasteiger partial charge < -0.3 is 9.67 Å². The lowest BCUT2D eigenvalue weighted by atomic mass is 9.97. The lowest BCUT2D eigenvalue weighted by molar-refractivity contribution is 0.0696. The number of carboxylic acids is 1. The van der Waals surface area contributed by atoms with Crippen molar-refractivity contribution in [1.29, 1.82) is 0 Å². The van der Waals surface area contributed by atoms with Gasteiger partial charge >= 0.3 is 5.97 Å². The first-order valence-corrected chi connectivity index (χ1v) is 8.67. The Bertz CT molecular complexity index is 1100. The highest BCUT2D eigenvalue weighted by molar-refractivity contribution is 6.31. The van der Waals surface area contributed by atoms with Gasteiger partial charge in [0.2, 0.25) is 0 Å². The fourth-order valence-electron chi connectivity index (χ4n) is 3.31. The van der Waals surface area contributed by atoms with Gasteiger partial charge in [0.05, 0.1) is 11.1 Å². The first-order valence-electron chi connectivity index (χ1n) is 8.29. The quantitative estimate of drug-likeness (QED) is 0.516. The number of benzene rings is 3. The van der Waals surface area contributed by atoms with Crippen LogP contribution in [0.1, 0.15) is 21.5 Å². The van der Waals surface area contributed by atoms with Crippen LogP contribution < -0.4 is 0 Å². The van der Waals surface area contributed by atoms with Gasteiger partial charge in [0.15, 0.2) is 0 Å². The van der Waals surface area contributed by atoms with Crippen LogP contribution in [0.2, 0.25) is 5.02 Å². The van der Waals surface area contributed by atoms with Gasteiger partial charge in [-0.25, -0.2) is 4.79 Å². The molecule has 4 rings (SSSR count). The summed E-state index contributed by atoms with van der Waals surface area (Å²) in [5, 5.41) is 11.0. The highest BCUT2D eigenvalue weighted by atomic mass is 35.5. The molecule has 0 bridgehead atoms. The number of fused-ring (bicyclic) bond motifs is 1. The summed E-state index contributed by atoms with van der Waals surface area (Å²) in [6.45, 7) is 0. The van der Waals surface area contributed by atoms with Crippen LogP contribution >= 0.6 is 11.6 Å². The standard InChI is InChI=1S/C22H16ClNO2/c23-17-10-9-16(20(14-17)22(25)26)13-15-5-4-8-21-19(15)11-12-24(21)18-6-2-1-3-7-18/h1-12,14H,13H2,(H,25,26). The molecule has 0 aliphatic carbocycles. The molecular formula is C22H16ClNO2. The van der Waals surface area contributed by atoms with E-state index in [2.05, 4.69) is 28.8 Å². The van der Waals surface area contributed by atoms with E-state index in [0.717, 1.165) is 27.7 Å². The minimum Gasteiger partial charge on any atom is -0.478 e. The lowest BCUT2D eigenvalue weighted by Crippen LogP contribution is -2.03. The number of nitrogens with zero attached hydrogens (tertiary/aromatic N) is 1. The predicted molar refractivity (Wildman–Crippen MR) is 104 cm³/mol. The molecule has 0 aliphatic rings. The van der Waals surface area contributed by atoms with Crippen molar-refractivity contribution in [2.45, 2.75) is 6.42 Å². The van der Waals surface area contributed by atoms with Crippen molar-refractivity contribution in [3.05, 3.63) is 101 Å². The van der Waals surface area contributed by atoms with Crippen molar-refractivity contribution < 1.29 is 9.90 Å². The molecule has 3 nitrogen and oxygen atoms in total. The van der Waals surface area contributed by atoms with Crippen molar-refractivity contribution >= 4 is 28.5 Å². The molecule has 1 heterocycles. The van der Waals surface area contributed by atoms with Crippen molar-refractivity contribution in [3.8, 4) is 5.69 Å². The number of hydrogen-bond acceptors (Lipinski definition) is 1. The zero-order valence-corrected chi connectivity index (χ0v) is 14.6. The van der Waals surface area contributed by atoms with E-state index in [9.17, 15) is 9.90 Å². The first kappa shape index (κ1) is 16.4. The minimum atomic E-state index is -0.962. The molecule has 0 radical (unpaired) electrons. The number of carbonyl (C=O) groups is 1.